The predicted molar refractivity (Wildman–Crippen MR) is 6.44 cm³/mol. The molecule has 0 spiro atoms. The molecule has 0 saturated heterocycles. The first-order valence-electron chi connectivity index (χ1n) is 0.123. The van der Waals surface area contributed by atoms with E-state index in [0.29, 0.717) is 0 Å². The van der Waals surface area contributed by atoms with Gasteiger partial charge in [-0.2, -0.15) is 0 Å². The molecule has 0 aromatic rings. The number of hydrogen-bond donors (Lipinski definition) is 0. The molecule has 31 valence electrons. The van der Waals surface area contributed by atoms with Gasteiger partial charge in [-0.25, -0.2) is 0 Å². The quantitative estimate of drug-likeness (QED) is 0.515. The maximum atomic E-state index is 7.81. The Labute approximate surface area is 103 Å². The Balaban J connectivity index is -0.00000000500. The summed E-state index contributed by atoms with van der Waals surface area (Å²) in [6, 6.07) is 0. The van der Waals surface area contributed by atoms with Gasteiger partial charge in [-0.3, -0.25) is 0 Å². The van der Waals surface area contributed by atoms with Crippen LogP contribution in [0.25, 0.3) is 0 Å². The van der Waals surface area contributed by atoms with Crippen LogP contribution in [-0.4, -0.2) is 48.9 Å². The average molecular weight is 384 g/mol. The van der Waals surface area contributed by atoms with E-state index in [1.807, 2.05) is 0 Å². The topological polar surface area (TPSA) is 17.1 Å². The molecule has 0 bridgehead atoms. The average Bonchev–Trinajstić information content (AvgIpc) is 1.00. The fourth-order valence-corrected chi connectivity index (χ4v) is 0. The summed E-state index contributed by atoms with van der Waals surface area (Å²) in [5, 5.41) is 0. The van der Waals surface area contributed by atoms with E-state index in [2.05, 4.69) is 15.9 Å². The summed E-state index contributed by atoms with van der Waals surface area (Å²) in [6.45, 7) is 0. The molecule has 0 aliphatic carbocycles. The Hall–Kier alpha value is 3.14. The van der Waals surface area contributed by atoms with Crippen molar-refractivity contribution in [3.63, 3.8) is 0 Å². The van der Waals surface area contributed by atoms with Gasteiger partial charge in [0.2, 0.25) is 0 Å². The molecular formula is BaCuErO. The second-order valence-corrected chi connectivity index (χ2v) is 0. The van der Waals surface area contributed by atoms with E-state index in [4.69, 9.17) is 3.83 Å². The second-order valence-electron chi connectivity index (χ2n) is 0. The van der Waals surface area contributed by atoms with E-state index in [1.54, 1.807) is 0 Å². The van der Waals surface area contributed by atoms with Crippen LogP contribution in [0.4, 0.5) is 0 Å². The van der Waals surface area contributed by atoms with Crippen LogP contribution in [0.1, 0.15) is 0 Å². The van der Waals surface area contributed by atoms with Crippen LogP contribution >= 0.6 is 0 Å². The fourth-order valence-electron chi connectivity index (χ4n) is 0. The van der Waals surface area contributed by atoms with Gasteiger partial charge in [0.15, 0.2) is 0 Å². The molecule has 0 unspecified atom stereocenters. The zero-order valence-electron chi connectivity index (χ0n) is 1.71. The standard InChI is InChI=1S/Ba.Cu.Er.O. The molecule has 0 aromatic heterocycles. The van der Waals surface area contributed by atoms with Crippen molar-refractivity contribution in [1.82, 2.24) is 0 Å². The van der Waals surface area contributed by atoms with E-state index in [1.165, 1.54) is 0 Å². The summed E-state index contributed by atoms with van der Waals surface area (Å²) in [5.74, 6) is 0. The minimum absolute atomic E-state index is 0. The molecule has 4 heavy (non-hydrogen) atoms. The summed E-state index contributed by atoms with van der Waals surface area (Å²) in [7, 11) is 0. The minimum atomic E-state index is 0. The second kappa shape index (κ2) is 16.5. The van der Waals surface area contributed by atoms with Crippen molar-refractivity contribution in [1.29, 1.82) is 0 Å². The molecule has 0 aliphatic heterocycles. The van der Waals surface area contributed by atoms with Gasteiger partial charge in [0.05, 0.1) is 0 Å². The van der Waals surface area contributed by atoms with Crippen molar-refractivity contribution >= 4 is 48.9 Å². The summed E-state index contributed by atoms with van der Waals surface area (Å²) >= 11 is 2.94. The van der Waals surface area contributed by atoms with Gasteiger partial charge in [0.25, 0.3) is 0 Å². The molecule has 0 amide bonds. The van der Waals surface area contributed by atoms with E-state index in [-0.39, 0.29) is 86.2 Å². The van der Waals surface area contributed by atoms with Gasteiger partial charge in [-0.15, -0.1) is 0 Å². The van der Waals surface area contributed by atoms with Crippen LogP contribution in [0.5, 0.6) is 0 Å². The van der Waals surface area contributed by atoms with Crippen molar-refractivity contribution in [2.75, 3.05) is 0 Å². The molecular weight excluding hydrogens is 384 g/mol. The summed E-state index contributed by atoms with van der Waals surface area (Å²) in [5.41, 5.74) is 0. The third kappa shape index (κ3) is 8.93. The van der Waals surface area contributed by atoms with Crippen LogP contribution in [0, 0.1) is 37.3 Å². The Bertz CT molecular complexity index is 8.00. The molecule has 0 saturated carbocycles. The molecule has 0 aliphatic rings. The first-order chi connectivity index (χ1) is 1.00. The van der Waals surface area contributed by atoms with E-state index in [9.17, 15) is 0 Å². The molecule has 0 rings (SSSR count). The van der Waals surface area contributed by atoms with E-state index < -0.39 is 0 Å². The molecule has 0 N–H and O–H groups in total. The zero-order chi connectivity index (χ0) is 2.00. The normalized spacial score (nSPS) is 1.50. The third-order valence-corrected chi connectivity index (χ3v) is 0. The van der Waals surface area contributed by atoms with Crippen LogP contribution < -0.4 is 0 Å². The van der Waals surface area contributed by atoms with Gasteiger partial charge in [-0.05, 0) is 0 Å². The van der Waals surface area contributed by atoms with Crippen molar-refractivity contribution in [3.05, 3.63) is 0 Å². The summed E-state index contributed by atoms with van der Waals surface area (Å²) in [4.78, 5) is 0. The first-order valence-corrected chi connectivity index (χ1v) is 0.508. The van der Waals surface area contributed by atoms with Crippen molar-refractivity contribution < 1.29 is 57.1 Å². The van der Waals surface area contributed by atoms with Gasteiger partial charge in [0, 0.05) is 86.2 Å². The van der Waals surface area contributed by atoms with Gasteiger partial charge < -0.3 is 0 Å². The van der Waals surface area contributed by atoms with Crippen LogP contribution in [0.15, 0.2) is 0 Å². The Morgan fingerprint density at radius 1 is 1.25 bits per heavy atom. The Morgan fingerprint density at radius 3 is 1.25 bits per heavy atom. The zero-order valence-corrected chi connectivity index (χ0v) is 8.94. The van der Waals surface area contributed by atoms with Crippen molar-refractivity contribution in [3.8, 4) is 0 Å². The van der Waals surface area contributed by atoms with Gasteiger partial charge in [0.1, 0.15) is 0 Å². The van der Waals surface area contributed by atoms with Crippen molar-refractivity contribution in [2.24, 2.45) is 0 Å². The van der Waals surface area contributed by atoms with Gasteiger partial charge in [-0.1, -0.05) is 0 Å². The van der Waals surface area contributed by atoms with Crippen molar-refractivity contribution in [2.45, 2.75) is 0 Å². The predicted octanol–water partition coefficient (Wildman–Crippen LogP) is -0.502. The van der Waals surface area contributed by atoms with Gasteiger partial charge >= 0.3 is 19.8 Å². The maximum absolute atomic E-state index is 7.81. The molecule has 0 aromatic carbocycles. The molecule has 2 radical (unpaired) electrons. The molecule has 0 heterocycles. The fraction of sp³-hybridized carbons (Fsp3) is 0. The monoisotopic (exact) mass is 383 g/mol. The Kier molecular flexibility index (Phi) is 64.6. The molecule has 4 heteroatoms. The van der Waals surface area contributed by atoms with Crippen LogP contribution in [0.3, 0.4) is 0 Å². The van der Waals surface area contributed by atoms with E-state index >= 15 is 0 Å². The first kappa shape index (κ1) is 15.7. The molecule has 0 fully saturated rings. The van der Waals surface area contributed by atoms with E-state index in [0.717, 1.165) is 0 Å². The molecule has 1 nitrogen and oxygen atoms in total. The third-order valence-electron chi connectivity index (χ3n) is 0. The van der Waals surface area contributed by atoms with Crippen LogP contribution in [0.2, 0.25) is 0 Å². The number of rotatable bonds is 0. The van der Waals surface area contributed by atoms with Crippen LogP contribution in [-0.2, 0) is 19.8 Å². The molecule has 0 atom stereocenters. The Morgan fingerprint density at radius 2 is 1.25 bits per heavy atom. The summed E-state index contributed by atoms with van der Waals surface area (Å²) < 4.78 is 7.81. The number of hydrogen-bond acceptors (Lipinski definition) is 1. The SMILES string of the molecule is [Ba].[Er].[O]=[Cu]. The summed E-state index contributed by atoms with van der Waals surface area (Å²) in [6.07, 6.45) is 0.